The van der Waals surface area contributed by atoms with Crippen LogP contribution in [0.1, 0.15) is 28.8 Å². The minimum absolute atomic E-state index is 0.215. The van der Waals surface area contributed by atoms with E-state index in [-0.39, 0.29) is 11.9 Å². The van der Waals surface area contributed by atoms with E-state index in [1.807, 2.05) is 30.3 Å². The maximum Gasteiger partial charge on any atom is 0.255 e. The highest BCUT2D eigenvalue weighted by Gasteiger charge is 2.27. The van der Waals surface area contributed by atoms with Crippen molar-refractivity contribution in [3.63, 3.8) is 0 Å². The van der Waals surface area contributed by atoms with Crippen LogP contribution in [0.4, 0.5) is 0 Å². The van der Waals surface area contributed by atoms with Crippen molar-refractivity contribution in [1.29, 1.82) is 0 Å². The van der Waals surface area contributed by atoms with Gasteiger partial charge in [0.05, 0.1) is 11.8 Å². The van der Waals surface area contributed by atoms with Gasteiger partial charge in [0.25, 0.3) is 5.91 Å². The summed E-state index contributed by atoms with van der Waals surface area (Å²) in [5, 5.41) is 2.95. The maximum atomic E-state index is 12.8. The summed E-state index contributed by atoms with van der Waals surface area (Å²) < 4.78 is 31.8. The maximum absolute atomic E-state index is 12.8. The third-order valence-electron chi connectivity index (χ3n) is 4.66. The van der Waals surface area contributed by atoms with Crippen molar-refractivity contribution in [1.82, 2.24) is 9.62 Å². The summed E-state index contributed by atoms with van der Waals surface area (Å²) >= 11 is 3.49. The van der Waals surface area contributed by atoms with Crippen LogP contribution < -0.4 is 10.1 Å². The van der Waals surface area contributed by atoms with Crippen molar-refractivity contribution in [3.8, 4) is 5.75 Å². The van der Waals surface area contributed by atoms with E-state index in [1.54, 1.807) is 18.2 Å². The fraction of sp³-hybridized carbons (Fsp3) is 0.350. The average Bonchev–Trinajstić information content (AvgIpc) is 2.67. The predicted octanol–water partition coefficient (Wildman–Crippen LogP) is 3.18. The number of benzene rings is 2. The number of amides is 1. The monoisotopic (exact) mass is 466 g/mol. The van der Waals surface area contributed by atoms with Gasteiger partial charge >= 0.3 is 0 Å². The number of para-hydroxylation sites is 1. The van der Waals surface area contributed by atoms with Gasteiger partial charge in [0.2, 0.25) is 10.0 Å². The lowest BCUT2D eigenvalue weighted by atomic mass is 10.1. The summed E-state index contributed by atoms with van der Waals surface area (Å²) in [5.74, 6) is 0.231. The smallest absolute Gasteiger partial charge is 0.255 e. The lowest BCUT2D eigenvalue weighted by molar-refractivity contribution is 0.0917. The summed E-state index contributed by atoms with van der Waals surface area (Å²) in [6.45, 7) is 1.12. The van der Waals surface area contributed by atoms with Crippen molar-refractivity contribution in [3.05, 3.63) is 64.1 Å². The number of hydrogen-bond acceptors (Lipinski definition) is 4. The Bertz CT molecular complexity index is 949. The molecule has 0 radical (unpaired) electrons. The Kier molecular flexibility index (Phi) is 6.74. The fourth-order valence-electron chi connectivity index (χ4n) is 3.18. The van der Waals surface area contributed by atoms with Crippen LogP contribution in [0.5, 0.6) is 5.75 Å². The first-order valence-electron chi connectivity index (χ1n) is 9.06. The Hall–Kier alpha value is -1.90. The zero-order chi connectivity index (χ0) is 20.1. The minimum Gasteiger partial charge on any atom is -0.488 e. The molecule has 0 saturated carbocycles. The number of rotatable bonds is 6. The van der Waals surface area contributed by atoms with Crippen LogP contribution in [0, 0.1) is 0 Å². The van der Waals surface area contributed by atoms with Gasteiger partial charge in [-0.05, 0) is 31.0 Å². The second-order valence-corrected chi connectivity index (χ2v) is 9.65. The highest BCUT2D eigenvalue weighted by atomic mass is 79.9. The molecule has 0 aliphatic carbocycles. The van der Waals surface area contributed by atoms with Gasteiger partial charge in [0, 0.05) is 29.2 Å². The number of halogens is 1. The predicted molar refractivity (Wildman–Crippen MR) is 112 cm³/mol. The van der Waals surface area contributed by atoms with Gasteiger partial charge in [-0.3, -0.25) is 4.79 Å². The second-order valence-electron chi connectivity index (χ2n) is 6.81. The van der Waals surface area contributed by atoms with E-state index in [0.29, 0.717) is 31.0 Å². The van der Waals surface area contributed by atoms with E-state index >= 15 is 0 Å². The van der Waals surface area contributed by atoms with Crippen LogP contribution in [-0.4, -0.2) is 44.0 Å². The second kappa shape index (κ2) is 9.07. The molecule has 1 unspecified atom stereocenters. The highest BCUT2D eigenvalue weighted by molar-refractivity contribution is 9.10. The van der Waals surface area contributed by atoms with Crippen molar-refractivity contribution in [2.45, 2.75) is 25.5 Å². The molecule has 28 heavy (non-hydrogen) atoms. The van der Waals surface area contributed by atoms with Crippen molar-refractivity contribution in [2.75, 3.05) is 19.3 Å². The fourth-order valence-corrected chi connectivity index (χ4v) is 4.49. The summed E-state index contributed by atoms with van der Waals surface area (Å²) in [7, 11) is -3.26. The van der Waals surface area contributed by atoms with Gasteiger partial charge < -0.3 is 10.1 Å². The molecule has 0 bridgehead atoms. The Labute approximate surface area is 174 Å². The average molecular weight is 467 g/mol. The van der Waals surface area contributed by atoms with Gasteiger partial charge in [0.15, 0.2) is 0 Å². The van der Waals surface area contributed by atoms with Crippen molar-refractivity contribution >= 4 is 31.9 Å². The number of carbonyl (C=O) groups is 1. The van der Waals surface area contributed by atoms with Crippen LogP contribution in [0.15, 0.2) is 53.0 Å². The first-order chi connectivity index (χ1) is 13.3. The molecule has 1 atom stereocenters. The molecule has 150 valence electrons. The van der Waals surface area contributed by atoms with Crippen LogP contribution >= 0.6 is 15.9 Å². The zero-order valence-electron chi connectivity index (χ0n) is 15.6. The van der Waals surface area contributed by atoms with Gasteiger partial charge in [-0.1, -0.05) is 46.3 Å². The molecule has 8 heteroatoms. The molecule has 2 aromatic rings. The number of nitrogens with zero attached hydrogens (tertiary/aromatic N) is 1. The number of sulfonamides is 1. The molecule has 1 heterocycles. The van der Waals surface area contributed by atoms with Crippen LogP contribution in [0.2, 0.25) is 0 Å². The SMILES string of the molecule is CS(=O)(=O)N1CCCC(NC(=O)c2ccccc2OCc2ccccc2Br)C1. The molecule has 1 amide bonds. The highest BCUT2D eigenvalue weighted by Crippen LogP contribution is 2.23. The zero-order valence-corrected chi connectivity index (χ0v) is 18.0. The molecule has 1 N–H and O–H groups in total. The number of ether oxygens (including phenoxy) is 1. The number of piperidine rings is 1. The Morgan fingerprint density at radius 2 is 1.93 bits per heavy atom. The molecular formula is C20H23BrN2O4S. The van der Waals surface area contributed by atoms with Crippen LogP contribution in [-0.2, 0) is 16.6 Å². The summed E-state index contributed by atoms with van der Waals surface area (Å²) in [6.07, 6.45) is 2.66. The largest absolute Gasteiger partial charge is 0.488 e. The normalized spacial score (nSPS) is 17.9. The standard InChI is InChI=1S/C20H23BrN2O4S/c1-28(25,26)23-12-6-8-16(13-23)22-20(24)17-9-3-5-11-19(17)27-14-15-7-2-4-10-18(15)21/h2-5,7,9-11,16H,6,8,12-14H2,1H3,(H,22,24). The van der Waals surface area contributed by atoms with E-state index < -0.39 is 10.0 Å². The van der Waals surface area contributed by atoms with E-state index in [2.05, 4.69) is 21.2 Å². The first kappa shape index (κ1) is 20.8. The van der Waals surface area contributed by atoms with E-state index in [9.17, 15) is 13.2 Å². The number of hydrogen-bond donors (Lipinski definition) is 1. The van der Waals surface area contributed by atoms with Crippen LogP contribution in [0.25, 0.3) is 0 Å². The molecular weight excluding hydrogens is 444 g/mol. The number of carbonyl (C=O) groups excluding carboxylic acids is 1. The van der Waals surface area contributed by atoms with Crippen LogP contribution in [0.3, 0.4) is 0 Å². The molecule has 2 aromatic carbocycles. The third-order valence-corrected chi connectivity index (χ3v) is 6.70. The lowest BCUT2D eigenvalue weighted by Gasteiger charge is -2.31. The Morgan fingerprint density at radius 3 is 2.68 bits per heavy atom. The molecule has 3 rings (SSSR count). The topological polar surface area (TPSA) is 75.7 Å². The summed E-state index contributed by atoms with van der Waals surface area (Å²) in [4.78, 5) is 12.8. The number of nitrogens with one attached hydrogen (secondary N) is 1. The van der Waals surface area contributed by atoms with Crippen molar-refractivity contribution in [2.24, 2.45) is 0 Å². The minimum atomic E-state index is -3.26. The molecule has 1 fully saturated rings. The Morgan fingerprint density at radius 1 is 1.21 bits per heavy atom. The molecule has 6 nitrogen and oxygen atoms in total. The molecule has 1 aliphatic heterocycles. The third kappa shape index (κ3) is 5.33. The Balaban J connectivity index is 1.68. The molecule has 1 saturated heterocycles. The molecule has 0 aromatic heterocycles. The molecule has 1 aliphatic rings. The quantitative estimate of drug-likeness (QED) is 0.708. The summed E-state index contributed by atoms with van der Waals surface area (Å²) in [5.41, 5.74) is 1.42. The van der Waals surface area contributed by atoms with Gasteiger partial charge in [0.1, 0.15) is 12.4 Å². The van der Waals surface area contributed by atoms with Gasteiger partial charge in [-0.15, -0.1) is 0 Å². The van der Waals surface area contributed by atoms with E-state index in [0.717, 1.165) is 22.9 Å². The van der Waals surface area contributed by atoms with Gasteiger partial charge in [-0.2, -0.15) is 0 Å². The van der Waals surface area contributed by atoms with E-state index in [4.69, 9.17) is 4.74 Å². The van der Waals surface area contributed by atoms with Crippen molar-refractivity contribution < 1.29 is 17.9 Å². The first-order valence-corrected chi connectivity index (χ1v) is 11.7. The van der Waals surface area contributed by atoms with Gasteiger partial charge in [-0.25, -0.2) is 12.7 Å². The summed E-state index contributed by atoms with van der Waals surface area (Å²) in [6, 6.07) is 14.6. The lowest BCUT2D eigenvalue weighted by Crippen LogP contribution is -2.49. The van der Waals surface area contributed by atoms with E-state index in [1.165, 1.54) is 10.6 Å². The molecule has 0 spiro atoms.